The Bertz CT molecular complexity index is 1660. The summed E-state index contributed by atoms with van der Waals surface area (Å²) in [5, 5.41) is 0. The molecule has 212 valence electrons. The molecule has 2 aliphatic rings. The van der Waals surface area contributed by atoms with Crippen LogP contribution in [0.5, 0.6) is 5.75 Å². The fourth-order valence-electron chi connectivity index (χ4n) is 5.80. The summed E-state index contributed by atoms with van der Waals surface area (Å²) in [6, 6.07) is 31.9. The topological polar surface area (TPSA) is 53.1 Å². The molecule has 1 saturated heterocycles. The zero-order chi connectivity index (χ0) is 29.2. The van der Waals surface area contributed by atoms with Gasteiger partial charge >= 0.3 is 0 Å². The van der Waals surface area contributed by atoms with Gasteiger partial charge in [-0.2, -0.15) is 0 Å². The Balaban J connectivity index is 1.17. The number of carbonyl (C=O) groups is 2. The summed E-state index contributed by atoms with van der Waals surface area (Å²) < 4.78 is 6.07. The molecule has 42 heavy (non-hydrogen) atoms. The van der Waals surface area contributed by atoms with E-state index in [0.29, 0.717) is 30.9 Å². The lowest BCUT2D eigenvalue weighted by Gasteiger charge is -2.41. The monoisotopic (exact) mass is 557 g/mol. The second-order valence-corrected chi connectivity index (χ2v) is 11.2. The van der Waals surface area contributed by atoms with Crippen LogP contribution in [0, 0.1) is 13.8 Å². The molecule has 0 aromatic heterocycles. The van der Waals surface area contributed by atoms with Crippen LogP contribution in [-0.4, -0.2) is 42.4 Å². The number of rotatable bonds is 5. The summed E-state index contributed by atoms with van der Waals surface area (Å²) in [6.45, 7) is 8.88. The Morgan fingerprint density at radius 2 is 1.62 bits per heavy atom. The smallest absolute Gasteiger partial charge is 0.294 e. The molecular formula is C36H35N3O3. The molecule has 2 heterocycles. The van der Waals surface area contributed by atoms with Crippen molar-refractivity contribution < 1.29 is 14.3 Å². The Morgan fingerprint density at radius 1 is 0.881 bits per heavy atom. The summed E-state index contributed by atoms with van der Waals surface area (Å²) in [6.07, 6.45) is 1.75. The molecule has 1 fully saturated rings. The maximum absolute atomic E-state index is 13.6. The van der Waals surface area contributed by atoms with E-state index in [1.54, 1.807) is 11.0 Å². The second kappa shape index (κ2) is 11.6. The predicted octanol–water partition coefficient (Wildman–Crippen LogP) is 6.62. The summed E-state index contributed by atoms with van der Waals surface area (Å²) in [7, 11) is 0. The van der Waals surface area contributed by atoms with Crippen LogP contribution in [0.25, 0.3) is 6.08 Å². The predicted molar refractivity (Wildman–Crippen MR) is 168 cm³/mol. The first-order chi connectivity index (χ1) is 20.4. The molecule has 0 aliphatic carbocycles. The summed E-state index contributed by atoms with van der Waals surface area (Å²) in [4.78, 5) is 33.0. The van der Waals surface area contributed by atoms with Crippen molar-refractivity contribution in [3.05, 3.63) is 131 Å². The number of hydrogen-bond acceptors (Lipinski definition) is 4. The van der Waals surface area contributed by atoms with Crippen LogP contribution in [-0.2, 0) is 11.3 Å². The zero-order valence-corrected chi connectivity index (χ0v) is 24.3. The highest BCUT2D eigenvalue weighted by Crippen LogP contribution is 2.36. The van der Waals surface area contributed by atoms with Crippen LogP contribution in [0.3, 0.4) is 0 Å². The number of carbonyl (C=O) groups excluding carboxylic acids is 2. The first-order valence-corrected chi connectivity index (χ1v) is 14.4. The van der Waals surface area contributed by atoms with E-state index in [0.717, 1.165) is 28.9 Å². The molecule has 6 rings (SSSR count). The number of nitrogens with zero attached hydrogens (tertiary/aromatic N) is 3. The van der Waals surface area contributed by atoms with Gasteiger partial charge in [0.2, 0.25) is 0 Å². The fourth-order valence-corrected chi connectivity index (χ4v) is 5.80. The Labute approximate surface area is 247 Å². The summed E-state index contributed by atoms with van der Waals surface area (Å²) in [5.74, 6) is 0.715. The first-order valence-electron chi connectivity index (χ1n) is 14.4. The van der Waals surface area contributed by atoms with Gasteiger partial charge in [-0.15, -0.1) is 0 Å². The number of hydrogen-bond donors (Lipinski definition) is 0. The fraction of sp³-hybridized carbons (Fsp3) is 0.222. The molecule has 4 aromatic carbocycles. The average Bonchev–Trinajstić information content (AvgIpc) is 2.99. The van der Waals surface area contributed by atoms with Crippen LogP contribution in [0.4, 0.5) is 11.4 Å². The summed E-state index contributed by atoms with van der Waals surface area (Å²) >= 11 is 0. The van der Waals surface area contributed by atoms with Crippen LogP contribution in [0.1, 0.15) is 39.5 Å². The zero-order valence-electron chi connectivity index (χ0n) is 24.3. The molecule has 0 saturated carbocycles. The third-order valence-corrected chi connectivity index (χ3v) is 7.96. The van der Waals surface area contributed by atoms with Crippen molar-refractivity contribution in [1.29, 1.82) is 0 Å². The maximum Gasteiger partial charge on any atom is 0.294 e. The minimum atomic E-state index is -0.198. The van der Waals surface area contributed by atoms with Crippen molar-refractivity contribution in [3.8, 4) is 5.75 Å². The molecule has 6 nitrogen and oxygen atoms in total. The van der Waals surface area contributed by atoms with Crippen molar-refractivity contribution >= 4 is 29.3 Å². The number of amides is 2. The molecule has 6 heteroatoms. The standard InChI is InChI=1S/C36H35N3O3/c1-25-8-6-10-29(20-25)24-39-32-12-4-5-13-33(32)42-34(36(39)41)22-28-14-16-30(17-15-28)35(40)37-18-19-38(27(3)23-37)31-11-7-9-26(2)21-31/h4-17,20-22,27H,18-19,23-24H2,1-3H3/b34-22+/t27-/m0/s1. The Kier molecular flexibility index (Phi) is 7.53. The highest BCUT2D eigenvalue weighted by Gasteiger charge is 2.31. The molecule has 4 aromatic rings. The molecule has 2 amide bonds. The highest BCUT2D eigenvalue weighted by molar-refractivity contribution is 6.09. The van der Waals surface area contributed by atoms with Gasteiger partial charge in [0.1, 0.15) is 0 Å². The maximum atomic E-state index is 13.6. The van der Waals surface area contributed by atoms with Crippen LogP contribution >= 0.6 is 0 Å². The van der Waals surface area contributed by atoms with Gasteiger partial charge in [-0.25, -0.2) is 0 Å². The molecule has 0 radical (unpaired) electrons. The van der Waals surface area contributed by atoms with Crippen molar-refractivity contribution in [2.24, 2.45) is 0 Å². The van der Waals surface area contributed by atoms with Gasteiger partial charge in [0.15, 0.2) is 11.5 Å². The van der Waals surface area contributed by atoms with Gasteiger partial charge in [0.05, 0.1) is 12.2 Å². The van der Waals surface area contributed by atoms with E-state index >= 15 is 0 Å². The number of anilines is 2. The number of para-hydroxylation sites is 2. The number of piperazine rings is 1. The quantitative estimate of drug-likeness (QED) is 0.259. The molecular weight excluding hydrogens is 522 g/mol. The lowest BCUT2D eigenvalue weighted by atomic mass is 10.1. The number of ether oxygens (including phenoxy) is 1. The largest absolute Gasteiger partial charge is 0.449 e. The molecule has 0 bridgehead atoms. The summed E-state index contributed by atoms with van der Waals surface area (Å²) in [5.41, 5.74) is 6.81. The van der Waals surface area contributed by atoms with E-state index in [-0.39, 0.29) is 23.6 Å². The number of fused-ring (bicyclic) bond motifs is 1. The van der Waals surface area contributed by atoms with E-state index in [9.17, 15) is 9.59 Å². The molecule has 0 unspecified atom stereocenters. The Morgan fingerprint density at radius 3 is 2.36 bits per heavy atom. The third-order valence-electron chi connectivity index (χ3n) is 7.96. The minimum Gasteiger partial charge on any atom is -0.449 e. The van der Waals surface area contributed by atoms with E-state index in [1.807, 2.05) is 78.6 Å². The average molecular weight is 558 g/mol. The van der Waals surface area contributed by atoms with Crippen molar-refractivity contribution in [3.63, 3.8) is 0 Å². The molecule has 2 aliphatic heterocycles. The van der Waals surface area contributed by atoms with Crippen LogP contribution < -0.4 is 14.5 Å². The number of benzene rings is 4. The van der Waals surface area contributed by atoms with Crippen molar-refractivity contribution in [1.82, 2.24) is 4.90 Å². The lowest BCUT2D eigenvalue weighted by Crippen LogP contribution is -2.53. The van der Waals surface area contributed by atoms with Crippen molar-refractivity contribution in [2.45, 2.75) is 33.4 Å². The molecule has 1 atom stereocenters. The molecule has 0 N–H and O–H groups in total. The van der Waals surface area contributed by atoms with Gasteiger partial charge in [0, 0.05) is 36.9 Å². The lowest BCUT2D eigenvalue weighted by molar-refractivity contribution is -0.117. The molecule has 0 spiro atoms. The van der Waals surface area contributed by atoms with Gasteiger partial charge in [0.25, 0.3) is 11.8 Å². The Hall–Kier alpha value is -4.84. The van der Waals surface area contributed by atoms with E-state index in [4.69, 9.17) is 4.74 Å². The highest BCUT2D eigenvalue weighted by atomic mass is 16.5. The number of aryl methyl sites for hydroxylation is 2. The van der Waals surface area contributed by atoms with E-state index in [1.165, 1.54) is 11.3 Å². The van der Waals surface area contributed by atoms with Crippen LogP contribution in [0.15, 0.2) is 103 Å². The minimum absolute atomic E-state index is 0.0215. The van der Waals surface area contributed by atoms with Gasteiger partial charge in [-0.05, 0) is 79.9 Å². The first kappa shape index (κ1) is 27.3. The van der Waals surface area contributed by atoms with Gasteiger partial charge < -0.3 is 14.5 Å². The van der Waals surface area contributed by atoms with Gasteiger partial charge in [-0.1, -0.05) is 66.2 Å². The van der Waals surface area contributed by atoms with Crippen molar-refractivity contribution in [2.75, 3.05) is 29.4 Å². The van der Waals surface area contributed by atoms with Gasteiger partial charge in [-0.3, -0.25) is 14.5 Å². The van der Waals surface area contributed by atoms with E-state index < -0.39 is 0 Å². The SMILES string of the molecule is Cc1cccc(CN2C(=O)/C(=C\c3ccc(C(=O)N4CCN(c5cccc(C)c5)[C@@H](C)C4)cc3)Oc3ccccc32)c1. The van der Waals surface area contributed by atoms with Crippen LogP contribution in [0.2, 0.25) is 0 Å². The second-order valence-electron chi connectivity index (χ2n) is 11.2. The third kappa shape index (κ3) is 5.66. The van der Waals surface area contributed by atoms with E-state index in [2.05, 4.69) is 49.1 Å². The normalized spacial score (nSPS) is 17.7.